The lowest BCUT2D eigenvalue weighted by Crippen LogP contribution is -2.19. The van der Waals surface area contributed by atoms with Gasteiger partial charge in [-0.05, 0) is 116 Å². The van der Waals surface area contributed by atoms with Crippen LogP contribution in [-0.2, 0) is 11.4 Å². The molecule has 0 aliphatic carbocycles. The first kappa shape index (κ1) is 26.1. The summed E-state index contributed by atoms with van der Waals surface area (Å²) in [6.45, 7) is 8.76. The van der Waals surface area contributed by atoms with Crippen LogP contribution < -0.4 is 10.1 Å². The average molecular weight is 587 g/mol. The van der Waals surface area contributed by atoms with Crippen molar-refractivity contribution in [3.8, 4) is 11.4 Å². The van der Waals surface area contributed by atoms with Crippen molar-refractivity contribution in [3.63, 3.8) is 0 Å². The van der Waals surface area contributed by atoms with Crippen molar-refractivity contribution < 1.29 is 9.53 Å². The summed E-state index contributed by atoms with van der Waals surface area (Å²) in [5.74, 6) is 0.687. The fourth-order valence-corrected chi connectivity index (χ4v) is 5.45. The topological polar surface area (TPSA) is 55.6 Å². The number of ether oxygens (including phenoxy) is 1. The highest BCUT2D eigenvalue weighted by Crippen LogP contribution is 2.32. The van der Waals surface area contributed by atoms with Gasteiger partial charge in [-0.15, -0.1) is 0 Å². The summed E-state index contributed by atoms with van der Waals surface area (Å²) in [5.41, 5.74) is 8.47. The fraction of sp³-hybridized carbons (Fsp3) is 0.161. The summed E-state index contributed by atoms with van der Waals surface area (Å²) in [4.78, 5) is 18.0. The summed E-state index contributed by atoms with van der Waals surface area (Å²) >= 11 is 4.83. The first-order chi connectivity index (χ1) is 18.3. The van der Waals surface area contributed by atoms with Crippen LogP contribution >= 0.6 is 27.7 Å². The lowest BCUT2D eigenvalue weighted by Gasteiger charge is -2.11. The van der Waals surface area contributed by atoms with E-state index >= 15 is 0 Å². The standard InChI is InChI=1S/C31H28BrN3O2S/c1-19-6-5-7-28(21(19)3)33-31-34-30(36)29(38-31)17-24-16-20(2)35(22(24)4)26-12-14-27(15-13-26)37-18-23-8-10-25(32)11-9-23/h5-17H,18H2,1-4H3,(H,33,34,36)/b29-17+. The number of hydrogen-bond donors (Lipinski definition) is 1. The zero-order chi connectivity index (χ0) is 26.8. The Bertz CT molecular complexity index is 1570. The third-order valence-corrected chi connectivity index (χ3v) is 8.06. The number of nitrogens with one attached hydrogen (secondary N) is 1. The highest BCUT2D eigenvalue weighted by molar-refractivity contribution is 9.10. The van der Waals surface area contributed by atoms with E-state index in [0.29, 0.717) is 16.7 Å². The predicted molar refractivity (Wildman–Crippen MR) is 160 cm³/mol. The minimum absolute atomic E-state index is 0.129. The average Bonchev–Trinajstić information content (AvgIpc) is 3.39. The van der Waals surface area contributed by atoms with Gasteiger partial charge >= 0.3 is 0 Å². The Morgan fingerprint density at radius 1 is 1.00 bits per heavy atom. The molecule has 192 valence electrons. The number of aromatic nitrogens is 1. The molecule has 1 aliphatic rings. The number of carbonyl (C=O) groups excluding carboxylic acids is 1. The van der Waals surface area contributed by atoms with Gasteiger partial charge in [0, 0.05) is 21.5 Å². The van der Waals surface area contributed by atoms with Crippen LogP contribution in [0, 0.1) is 27.7 Å². The van der Waals surface area contributed by atoms with Crippen LogP contribution in [0.2, 0.25) is 0 Å². The largest absolute Gasteiger partial charge is 0.489 e. The molecule has 7 heteroatoms. The molecule has 4 aromatic rings. The van der Waals surface area contributed by atoms with Gasteiger partial charge in [-0.1, -0.05) is 40.2 Å². The number of aryl methyl sites for hydroxylation is 2. The predicted octanol–water partition coefficient (Wildman–Crippen LogP) is 7.94. The Morgan fingerprint density at radius 3 is 2.47 bits per heavy atom. The van der Waals surface area contributed by atoms with E-state index in [1.807, 2.05) is 61.5 Å². The highest BCUT2D eigenvalue weighted by Gasteiger charge is 2.25. The molecule has 0 unspecified atom stereocenters. The smallest absolute Gasteiger partial charge is 0.264 e. The maximum absolute atomic E-state index is 12.7. The van der Waals surface area contributed by atoms with E-state index in [2.05, 4.69) is 75.8 Å². The van der Waals surface area contributed by atoms with Crippen LogP contribution in [0.15, 0.2) is 87.2 Å². The van der Waals surface area contributed by atoms with Crippen LogP contribution in [0.5, 0.6) is 5.75 Å². The SMILES string of the molecule is Cc1cccc(N=C2NC(=O)/C(=C\c3cc(C)n(-c4ccc(OCc5ccc(Br)cc5)cc4)c3C)S2)c1C. The molecule has 1 aromatic heterocycles. The Hall–Kier alpha value is -3.55. The summed E-state index contributed by atoms with van der Waals surface area (Å²) in [5, 5.41) is 3.51. The van der Waals surface area contributed by atoms with Crippen LogP contribution in [0.3, 0.4) is 0 Å². The molecule has 5 nitrogen and oxygen atoms in total. The maximum atomic E-state index is 12.7. The number of aliphatic imine (C=N–C) groups is 1. The number of thioether (sulfide) groups is 1. The molecule has 0 atom stereocenters. The zero-order valence-corrected chi connectivity index (χ0v) is 24.1. The monoisotopic (exact) mass is 585 g/mol. The molecule has 1 saturated heterocycles. The highest BCUT2D eigenvalue weighted by atomic mass is 79.9. The second-order valence-electron chi connectivity index (χ2n) is 9.27. The van der Waals surface area contributed by atoms with Crippen molar-refractivity contribution in [1.29, 1.82) is 0 Å². The molecule has 0 radical (unpaired) electrons. The normalized spacial score (nSPS) is 15.3. The number of amidine groups is 1. The van der Waals surface area contributed by atoms with Crippen molar-refractivity contribution in [2.45, 2.75) is 34.3 Å². The Labute approximate surface area is 235 Å². The van der Waals surface area contributed by atoms with Gasteiger partial charge in [0.25, 0.3) is 5.91 Å². The molecule has 38 heavy (non-hydrogen) atoms. The number of carbonyl (C=O) groups is 1. The second kappa shape index (κ2) is 11.1. The van der Waals surface area contributed by atoms with Crippen LogP contribution in [0.1, 0.15) is 33.6 Å². The Balaban J connectivity index is 1.33. The minimum atomic E-state index is -0.129. The van der Waals surface area contributed by atoms with E-state index in [1.54, 1.807) is 0 Å². The molecule has 3 aromatic carbocycles. The number of nitrogens with zero attached hydrogens (tertiary/aromatic N) is 2. The summed E-state index contributed by atoms with van der Waals surface area (Å²) in [7, 11) is 0. The van der Waals surface area contributed by atoms with Gasteiger partial charge in [0.15, 0.2) is 5.17 Å². The number of halogens is 1. The van der Waals surface area contributed by atoms with Gasteiger partial charge in [-0.2, -0.15) is 0 Å². The first-order valence-corrected chi connectivity index (χ1v) is 13.9. The summed E-state index contributed by atoms with van der Waals surface area (Å²) in [6.07, 6.45) is 1.94. The lowest BCUT2D eigenvalue weighted by atomic mass is 10.1. The number of amides is 1. The summed E-state index contributed by atoms with van der Waals surface area (Å²) < 4.78 is 9.20. The molecule has 5 rings (SSSR count). The molecular weight excluding hydrogens is 558 g/mol. The number of rotatable bonds is 6. The van der Waals surface area contributed by atoms with Gasteiger partial charge in [0.2, 0.25) is 0 Å². The summed E-state index contributed by atoms with van der Waals surface area (Å²) in [6, 6.07) is 24.3. The minimum Gasteiger partial charge on any atom is -0.489 e. The molecule has 1 N–H and O–H groups in total. The first-order valence-electron chi connectivity index (χ1n) is 12.3. The maximum Gasteiger partial charge on any atom is 0.264 e. The van der Waals surface area contributed by atoms with E-state index in [-0.39, 0.29) is 5.91 Å². The molecule has 0 saturated carbocycles. The van der Waals surface area contributed by atoms with Crippen LogP contribution in [-0.4, -0.2) is 15.6 Å². The zero-order valence-electron chi connectivity index (χ0n) is 21.7. The molecule has 0 spiro atoms. The van der Waals surface area contributed by atoms with Gasteiger partial charge in [0.05, 0.1) is 10.6 Å². The van der Waals surface area contributed by atoms with Crippen molar-refractivity contribution in [2.24, 2.45) is 4.99 Å². The number of benzene rings is 3. The Kier molecular flexibility index (Phi) is 7.58. The molecule has 1 aliphatic heterocycles. The molecule has 0 bridgehead atoms. The third-order valence-electron chi connectivity index (χ3n) is 6.62. The van der Waals surface area contributed by atoms with Crippen molar-refractivity contribution in [2.75, 3.05) is 0 Å². The van der Waals surface area contributed by atoms with Crippen LogP contribution in [0.25, 0.3) is 11.8 Å². The molecular formula is C31H28BrN3O2S. The lowest BCUT2D eigenvalue weighted by molar-refractivity contribution is -0.115. The van der Waals surface area contributed by atoms with E-state index in [9.17, 15) is 4.79 Å². The van der Waals surface area contributed by atoms with Crippen LogP contribution in [0.4, 0.5) is 5.69 Å². The van der Waals surface area contributed by atoms with Crippen molar-refractivity contribution in [3.05, 3.63) is 116 Å². The third kappa shape index (κ3) is 5.64. The quantitative estimate of drug-likeness (QED) is 0.234. The van der Waals surface area contributed by atoms with Gasteiger partial charge in [0.1, 0.15) is 12.4 Å². The van der Waals surface area contributed by atoms with E-state index in [0.717, 1.165) is 49.7 Å². The van der Waals surface area contributed by atoms with Gasteiger partial charge < -0.3 is 14.6 Å². The van der Waals surface area contributed by atoms with Gasteiger partial charge in [-0.25, -0.2) is 4.99 Å². The van der Waals surface area contributed by atoms with Gasteiger partial charge in [-0.3, -0.25) is 4.79 Å². The molecule has 1 amide bonds. The second-order valence-corrected chi connectivity index (χ2v) is 11.2. The van der Waals surface area contributed by atoms with Crippen molar-refractivity contribution >= 4 is 50.5 Å². The Morgan fingerprint density at radius 2 is 1.74 bits per heavy atom. The van der Waals surface area contributed by atoms with E-state index < -0.39 is 0 Å². The molecule has 2 heterocycles. The van der Waals surface area contributed by atoms with E-state index in [1.165, 1.54) is 17.3 Å². The fourth-order valence-electron chi connectivity index (χ4n) is 4.36. The number of hydrogen-bond acceptors (Lipinski definition) is 4. The van der Waals surface area contributed by atoms with E-state index in [4.69, 9.17) is 4.74 Å². The van der Waals surface area contributed by atoms with Crippen molar-refractivity contribution in [1.82, 2.24) is 9.88 Å². The molecule has 1 fully saturated rings.